The number of carbonyl (C=O) groups excluding carboxylic acids is 1. The van der Waals surface area contributed by atoms with Crippen LogP contribution < -0.4 is 15.5 Å². The largest absolute Gasteiger partial charge is 0.368 e. The van der Waals surface area contributed by atoms with E-state index < -0.39 is 0 Å². The first-order chi connectivity index (χ1) is 11.2. The predicted octanol–water partition coefficient (Wildman–Crippen LogP) is 2.40. The molecule has 1 aromatic heterocycles. The number of anilines is 2. The summed E-state index contributed by atoms with van der Waals surface area (Å²) in [5.74, 6) is 0.559. The molecule has 0 aliphatic carbocycles. The van der Waals surface area contributed by atoms with Gasteiger partial charge < -0.3 is 15.5 Å². The molecule has 128 valence electrons. The number of nitrogens with zero attached hydrogens (tertiary/aromatic N) is 2. The van der Waals surface area contributed by atoms with E-state index in [1.54, 1.807) is 0 Å². The van der Waals surface area contributed by atoms with Crippen LogP contribution in [0.2, 0.25) is 0 Å². The highest BCUT2D eigenvalue weighted by Crippen LogP contribution is 2.16. The first-order valence-corrected chi connectivity index (χ1v) is 7.98. The number of nitrogens with one attached hydrogen (secondary N) is 2. The lowest BCUT2D eigenvalue weighted by Crippen LogP contribution is -2.43. The minimum atomic E-state index is -0.0401. The maximum absolute atomic E-state index is 12.2. The maximum atomic E-state index is 12.2. The molecule has 0 spiro atoms. The zero-order valence-electron chi connectivity index (χ0n) is 13.8. The molecule has 24 heavy (non-hydrogen) atoms. The molecule has 1 aliphatic heterocycles. The number of aryl methyl sites for hydroxylation is 1. The Morgan fingerprint density at radius 3 is 2.62 bits per heavy atom. The fraction of sp³-hybridized carbons (Fsp3) is 0.333. The van der Waals surface area contributed by atoms with Crippen LogP contribution >= 0.6 is 12.4 Å². The molecular formula is C18H23ClN4O. The Morgan fingerprint density at radius 2 is 1.96 bits per heavy atom. The van der Waals surface area contributed by atoms with Gasteiger partial charge in [-0.3, -0.25) is 4.79 Å². The summed E-state index contributed by atoms with van der Waals surface area (Å²) in [6, 6.07) is 11.8. The van der Waals surface area contributed by atoms with Gasteiger partial charge in [-0.25, -0.2) is 4.98 Å². The highest BCUT2D eigenvalue weighted by Gasteiger charge is 2.11. The van der Waals surface area contributed by atoms with Gasteiger partial charge in [-0.2, -0.15) is 0 Å². The Morgan fingerprint density at radius 1 is 1.21 bits per heavy atom. The van der Waals surface area contributed by atoms with Gasteiger partial charge in [0.2, 0.25) is 5.91 Å². The summed E-state index contributed by atoms with van der Waals surface area (Å²) in [6.45, 7) is 5.98. The minimum absolute atomic E-state index is 0. The fourth-order valence-electron chi connectivity index (χ4n) is 2.74. The molecule has 1 amide bonds. The standard InChI is InChI=1S/C18H22N4O.ClH/c1-14-4-2-3-5-15(14)12-18(23)21-17-7-6-16(13-20-17)22-10-8-19-9-11-22;/h2-7,13,19H,8-12H2,1H3,(H,20,21,23);1H. The summed E-state index contributed by atoms with van der Waals surface area (Å²) in [7, 11) is 0. The monoisotopic (exact) mass is 346 g/mol. The molecule has 1 aliphatic rings. The maximum Gasteiger partial charge on any atom is 0.229 e. The van der Waals surface area contributed by atoms with E-state index in [1.165, 1.54) is 0 Å². The van der Waals surface area contributed by atoms with Gasteiger partial charge >= 0.3 is 0 Å². The van der Waals surface area contributed by atoms with Gasteiger partial charge in [0.25, 0.3) is 0 Å². The molecule has 5 nitrogen and oxygen atoms in total. The van der Waals surface area contributed by atoms with E-state index in [-0.39, 0.29) is 18.3 Å². The molecule has 0 radical (unpaired) electrons. The molecule has 1 saturated heterocycles. The third-order valence-electron chi connectivity index (χ3n) is 4.11. The van der Waals surface area contributed by atoms with Crippen LogP contribution in [0.1, 0.15) is 11.1 Å². The first-order valence-electron chi connectivity index (χ1n) is 7.98. The number of amides is 1. The highest BCUT2D eigenvalue weighted by atomic mass is 35.5. The second kappa shape index (κ2) is 8.66. The third kappa shape index (κ3) is 4.69. The molecule has 1 aromatic carbocycles. The van der Waals surface area contributed by atoms with Crippen molar-refractivity contribution in [1.82, 2.24) is 10.3 Å². The molecule has 6 heteroatoms. The van der Waals surface area contributed by atoms with Crippen molar-refractivity contribution in [2.45, 2.75) is 13.3 Å². The average molecular weight is 347 g/mol. The van der Waals surface area contributed by atoms with Crippen molar-refractivity contribution in [2.24, 2.45) is 0 Å². The number of hydrogen-bond donors (Lipinski definition) is 2. The number of benzene rings is 1. The molecule has 2 heterocycles. The van der Waals surface area contributed by atoms with E-state index in [0.717, 1.165) is 43.0 Å². The summed E-state index contributed by atoms with van der Waals surface area (Å²) >= 11 is 0. The number of halogens is 1. The zero-order chi connectivity index (χ0) is 16.1. The summed E-state index contributed by atoms with van der Waals surface area (Å²) in [6.07, 6.45) is 2.20. The number of pyridine rings is 1. The van der Waals surface area contributed by atoms with Crippen LogP contribution in [0, 0.1) is 6.92 Å². The summed E-state index contributed by atoms with van der Waals surface area (Å²) in [5, 5.41) is 6.20. The van der Waals surface area contributed by atoms with Crippen LogP contribution in [0.25, 0.3) is 0 Å². The van der Waals surface area contributed by atoms with Gasteiger partial charge in [-0.05, 0) is 30.2 Å². The molecule has 2 N–H and O–H groups in total. The highest BCUT2D eigenvalue weighted by molar-refractivity contribution is 5.91. The van der Waals surface area contributed by atoms with Crippen molar-refractivity contribution in [3.63, 3.8) is 0 Å². The lowest BCUT2D eigenvalue weighted by molar-refractivity contribution is -0.115. The van der Waals surface area contributed by atoms with Crippen molar-refractivity contribution in [3.05, 3.63) is 53.7 Å². The zero-order valence-corrected chi connectivity index (χ0v) is 14.6. The van der Waals surface area contributed by atoms with Crippen LogP contribution in [0.15, 0.2) is 42.6 Å². The molecule has 1 fully saturated rings. The molecule has 0 saturated carbocycles. The first kappa shape index (κ1) is 18.2. The second-order valence-electron chi connectivity index (χ2n) is 5.79. The molecule has 3 rings (SSSR count). The van der Waals surface area contributed by atoms with Crippen molar-refractivity contribution >= 4 is 29.8 Å². The van der Waals surface area contributed by atoms with E-state index in [9.17, 15) is 4.79 Å². The Bertz CT molecular complexity index is 669. The van der Waals surface area contributed by atoms with Gasteiger partial charge in [0.1, 0.15) is 5.82 Å². The molecule has 0 bridgehead atoms. The number of piperazine rings is 1. The molecule has 0 atom stereocenters. The van der Waals surface area contributed by atoms with Gasteiger partial charge in [0.05, 0.1) is 18.3 Å². The lowest BCUT2D eigenvalue weighted by Gasteiger charge is -2.29. The van der Waals surface area contributed by atoms with E-state index in [2.05, 4.69) is 20.5 Å². The normalized spacial score (nSPS) is 14.0. The number of aromatic nitrogens is 1. The molecule has 2 aromatic rings. The van der Waals surface area contributed by atoms with Gasteiger partial charge in [-0.15, -0.1) is 12.4 Å². The van der Waals surface area contributed by atoms with Crippen molar-refractivity contribution in [2.75, 3.05) is 36.4 Å². The summed E-state index contributed by atoms with van der Waals surface area (Å²) in [4.78, 5) is 18.8. The van der Waals surface area contributed by atoms with Gasteiger partial charge in [0, 0.05) is 26.2 Å². The van der Waals surface area contributed by atoms with Crippen LogP contribution in [-0.4, -0.2) is 37.1 Å². The van der Waals surface area contributed by atoms with Gasteiger partial charge in [-0.1, -0.05) is 24.3 Å². The van der Waals surface area contributed by atoms with E-state index in [4.69, 9.17) is 0 Å². The van der Waals surface area contributed by atoms with E-state index in [0.29, 0.717) is 12.2 Å². The Labute approximate surface area is 148 Å². The SMILES string of the molecule is Cc1ccccc1CC(=O)Nc1ccc(N2CCNCC2)cn1.Cl. The summed E-state index contributed by atoms with van der Waals surface area (Å²) in [5.41, 5.74) is 3.27. The Hall–Kier alpha value is -2.11. The van der Waals surface area contributed by atoms with Crippen LogP contribution in [-0.2, 0) is 11.2 Å². The van der Waals surface area contributed by atoms with E-state index >= 15 is 0 Å². The topological polar surface area (TPSA) is 57.3 Å². The molecular weight excluding hydrogens is 324 g/mol. The minimum Gasteiger partial charge on any atom is -0.368 e. The van der Waals surface area contributed by atoms with Crippen molar-refractivity contribution in [1.29, 1.82) is 0 Å². The predicted molar refractivity (Wildman–Crippen MR) is 100 cm³/mol. The van der Waals surface area contributed by atoms with Gasteiger partial charge in [0.15, 0.2) is 0 Å². The summed E-state index contributed by atoms with van der Waals surface area (Å²) < 4.78 is 0. The van der Waals surface area contributed by atoms with Crippen molar-refractivity contribution in [3.8, 4) is 0 Å². The van der Waals surface area contributed by atoms with Crippen LogP contribution in [0.4, 0.5) is 11.5 Å². The number of rotatable bonds is 4. The van der Waals surface area contributed by atoms with E-state index in [1.807, 2.05) is 49.5 Å². The smallest absolute Gasteiger partial charge is 0.229 e. The van der Waals surface area contributed by atoms with Crippen LogP contribution in [0.3, 0.4) is 0 Å². The van der Waals surface area contributed by atoms with Crippen molar-refractivity contribution < 1.29 is 4.79 Å². The Balaban J connectivity index is 0.00000208. The Kier molecular flexibility index (Phi) is 6.58. The lowest BCUT2D eigenvalue weighted by atomic mass is 10.1. The molecule has 0 unspecified atom stereocenters. The number of hydrogen-bond acceptors (Lipinski definition) is 4. The number of carbonyl (C=O) groups is 1. The third-order valence-corrected chi connectivity index (χ3v) is 4.11. The van der Waals surface area contributed by atoms with Crippen LogP contribution in [0.5, 0.6) is 0 Å². The fourth-order valence-corrected chi connectivity index (χ4v) is 2.74. The average Bonchev–Trinajstić information content (AvgIpc) is 2.58. The second-order valence-corrected chi connectivity index (χ2v) is 5.79. The quantitative estimate of drug-likeness (QED) is 0.892.